The molecule has 1 unspecified atom stereocenters. The van der Waals surface area contributed by atoms with E-state index in [4.69, 9.17) is 5.84 Å². The van der Waals surface area contributed by atoms with E-state index in [2.05, 4.69) is 5.43 Å². The molecule has 1 aliphatic heterocycles. The van der Waals surface area contributed by atoms with Gasteiger partial charge in [0.25, 0.3) is 5.91 Å². The normalized spacial score (nSPS) is 21.7. The number of nitrogens with two attached hydrogens (primary N) is 1. The molecular formula is C21H31N3O3S. The molecule has 2 amide bonds. The van der Waals surface area contributed by atoms with E-state index in [9.17, 15) is 14.7 Å². The van der Waals surface area contributed by atoms with Gasteiger partial charge < -0.3 is 10.0 Å². The molecule has 1 saturated heterocycles. The summed E-state index contributed by atoms with van der Waals surface area (Å²) < 4.78 is 0. The molecule has 1 aromatic rings. The van der Waals surface area contributed by atoms with Crippen LogP contribution in [0.25, 0.3) is 0 Å². The van der Waals surface area contributed by atoms with Crippen molar-refractivity contribution in [1.29, 1.82) is 0 Å². The first-order chi connectivity index (χ1) is 13.5. The lowest BCUT2D eigenvalue weighted by Crippen LogP contribution is -2.40. The molecule has 0 spiro atoms. The average molecular weight is 406 g/mol. The van der Waals surface area contributed by atoms with Gasteiger partial charge in [-0.3, -0.25) is 15.0 Å². The molecule has 7 heteroatoms. The summed E-state index contributed by atoms with van der Waals surface area (Å²) in [4.78, 5) is 25.8. The molecule has 2 aliphatic rings. The fraction of sp³-hybridized carbons (Fsp3) is 0.619. The van der Waals surface area contributed by atoms with E-state index in [1.165, 1.54) is 12.0 Å². The van der Waals surface area contributed by atoms with Crippen LogP contribution >= 0.6 is 11.8 Å². The number of amides is 2. The molecule has 1 heterocycles. The van der Waals surface area contributed by atoms with Gasteiger partial charge in [-0.1, -0.05) is 31.4 Å². The van der Waals surface area contributed by atoms with Crippen LogP contribution in [0.4, 0.5) is 0 Å². The summed E-state index contributed by atoms with van der Waals surface area (Å²) in [7, 11) is 0. The lowest BCUT2D eigenvalue weighted by Gasteiger charge is -2.34. The van der Waals surface area contributed by atoms with E-state index < -0.39 is 5.60 Å². The summed E-state index contributed by atoms with van der Waals surface area (Å²) in [5, 5.41) is 10.9. The Labute approximate surface area is 171 Å². The number of hydrogen-bond donors (Lipinski definition) is 3. The third kappa shape index (κ3) is 5.49. The topological polar surface area (TPSA) is 95.7 Å². The third-order valence-corrected chi connectivity index (χ3v) is 7.22. The summed E-state index contributed by atoms with van der Waals surface area (Å²) in [6, 6.07) is 7.47. The van der Waals surface area contributed by atoms with Gasteiger partial charge in [0, 0.05) is 12.1 Å². The molecule has 0 bridgehead atoms. The van der Waals surface area contributed by atoms with Crippen molar-refractivity contribution in [2.75, 3.05) is 12.3 Å². The van der Waals surface area contributed by atoms with Crippen LogP contribution in [0.3, 0.4) is 0 Å². The van der Waals surface area contributed by atoms with Gasteiger partial charge in [-0.2, -0.15) is 0 Å². The first-order valence-corrected chi connectivity index (χ1v) is 11.3. The lowest BCUT2D eigenvalue weighted by molar-refractivity contribution is -0.129. The van der Waals surface area contributed by atoms with Gasteiger partial charge in [-0.25, -0.2) is 5.84 Å². The van der Waals surface area contributed by atoms with Gasteiger partial charge in [0.2, 0.25) is 5.91 Å². The number of carbonyl (C=O) groups excluding carboxylic acids is 2. The van der Waals surface area contributed by atoms with Crippen molar-refractivity contribution in [3.8, 4) is 0 Å². The minimum atomic E-state index is -0.575. The van der Waals surface area contributed by atoms with Gasteiger partial charge in [-0.15, -0.1) is 11.8 Å². The largest absolute Gasteiger partial charge is 0.390 e. The number of nitrogens with one attached hydrogen (secondary N) is 1. The fourth-order valence-electron chi connectivity index (χ4n) is 4.18. The Bertz CT molecular complexity index is 674. The van der Waals surface area contributed by atoms with Gasteiger partial charge >= 0.3 is 0 Å². The minimum Gasteiger partial charge on any atom is -0.390 e. The first-order valence-electron chi connectivity index (χ1n) is 10.2. The maximum Gasteiger partial charge on any atom is 0.265 e. The van der Waals surface area contributed by atoms with Crippen molar-refractivity contribution in [2.45, 2.75) is 68.8 Å². The highest BCUT2D eigenvalue weighted by Gasteiger charge is 2.35. The van der Waals surface area contributed by atoms with Crippen molar-refractivity contribution in [3.05, 3.63) is 35.4 Å². The Kier molecular flexibility index (Phi) is 7.37. The number of aliphatic hydroxyl groups is 1. The van der Waals surface area contributed by atoms with Crippen LogP contribution in [0.15, 0.2) is 24.3 Å². The number of hydrogen-bond acceptors (Lipinski definition) is 5. The van der Waals surface area contributed by atoms with Crippen LogP contribution in [0.2, 0.25) is 0 Å². The highest BCUT2D eigenvalue weighted by atomic mass is 32.2. The van der Waals surface area contributed by atoms with Crippen LogP contribution in [0, 0.1) is 0 Å². The quantitative estimate of drug-likeness (QED) is 0.351. The van der Waals surface area contributed by atoms with Crippen LogP contribution in [0.1, 0.15) is 67.3 Å². The summed E-state index contributed by atoms with van der Waals surface area (Å²) >= 11 is 1.72. The van der Waals surface area contributed by atoms with Crippen LogP contribution < -0.4 is 11.3 Å². The van der Waals surface area contributed by atoms with E-state index in [-0.39, 0.29) is 17.2 Å². The second-order valence-corrected chi connectivity index (χ2v) is 9.12. The number of benzene rings is 1. The standard InChI is InChI=1S/C21H31N3O3S/c22-23-20(26)17-9-7-16(8-10-17)5-4-6-19-24(18(25)15-28-19)14-13-21(27)11-2-1-3-12-21/h7-10,19,27H,1-6,11-15,22H2,(H,23,26). The van der Waals surface area contributed by atoms with E-state index in [0.29, 0.717) is 24.3 Å². The zero-order valence-electron chi connectivity index (χ0n) is 16.4. The summed E-state index contributed by atoms with van der Waals surface area (Å²) in [5.74, 6) is 5.61. The molecule has 1 aliphatic carbocycles. The number of nitrogens with zero attached hydrogens (tertiary/aromatic N) is 1. The minimum absolute atomic E-state index is 0.201. The summed E-state index contributed by atoms with van der Waals surface area (Å²) in [5.41, 5.74) is 3.28. The van der Waals surface area contributed by atoms with E-state index in [1.807, 2.05) is 17.0 Å². The Hall–Kier alpha value is -1.57. The Morgan fingerprint density at radius 2 is 1.96 bits per heavy atom. The molecule has 2 fully saturated rings. The molecule has 28 heavy (non-hydrogen) atoms. The smallest absolute Gasteiger partial charge is 0.265 e. The van der Waals surface area contributed by atoms with Gasteiger partial charge in [-0.05, 0) is 56.2 Å². The van der Waals surface area contributed by atoms with Crippen LogP contribution in [-0.2, 0) is 11.2 Å². The van der Waals surface area contributed by atoms with E-state index in [0.717, 1.165) is 44.9 Å². The number of aryl methyl sites for hydroxylation is 1. The molecule has 1 aromatic carbocycles. The maximum atomic E-state index is 12.3. The second kappa shape index (κ2) is 9.76. The number of rotatable bonds is 8. The van der Waals surface area contributed by atoms with Gasteiger partial charge in [0.1, 0.15) is 0 Å². The van der Waals surface area contributed by atoms with Crippen LogP contribution in [-0.4, -0.2) is 45.1 Å². The van der Waals surface area contributed by atoms with Crippen molar-refractivity contribution < 1.29 is 14.7 Å². The molecule has 6 nitrogen and oxygen atoms in total. The molecular weight excluding hydrogens is 374 g/mol. The highest BCUT2D eigenvalue weighted by Crippen LogP contribution is 2.34. The predicted molar refractivity (Wildman–Crippen MR) is 112 cm³/mol. The average Bonchev–Trinajstić information content (AvgIpc) is 3.06. The monoisotopic (exact) mass is 405 g/mol. The highest BCUT2D eigenvalue weighted by molar-refractivity contribution is 8.00. The van der Waals surface area contributed by atoms with Crippen LogP contribution in [0.5, 0.6) is 0 Å². The number of carbonyl (C=O) groups is 2. The van der Waals surface area contributed by atoms with Gasteiger partial charge in [0.05, 0.1) is 16.7 Å². The van der Waals surface area contributed by atoms with Crippen molar-refractivity contribution in [3.63, 3.8) is 0 Å². The number of thioether (sulfide) groups is 1. The first kappa shape index (κ1) is 21.1. The van der Waals surface area contributed by atoms with Crippen molar-refractivity contribution in [2.24, 2.45) is 5.84 Å². The Morgan fingerprint density at radius 3 is 2.64 bits per heavy atom. The SMILES string of the molecule is NNC(=O)c1ccc(CCCC2SCC(=O)N2CCC2(O)CCCCC2)cc1. The zero-order valence-corrected chi connectivity index (χ0v) is 17.2. The Morgan fingerprint density at radius 1 is 1.25 bits per heavy atom. The Balaban J connectivity index is 1.46. The second-order valence-electron chi connectivity index (χ2n) is 7.95. The van der Waals surface area contributed by atoms with E-state index in [1.54, 1.807) is 23.9 Å². The van der Waals surface area contributed by atoms with Crippen molar-refractivity contribution >= 4 is 23.6 Å². The molecule has 0 aromatic heterocycles. The molecule has 154 valence electrons. The number of nitrogen functional groups attached to an aromatic ring is 1. The summed E-state index contributed by atoms with van der Waals surface area (Å²) in [6.07, 6.45) is 8.65. The maximum absolute atomic E-state index is 12.3. The fourth-order valence-corrected chi connectivity index (χ4v) is 5.42. The van der Waals surface area contributed by atoms with Gasteiger partial charge in [0.15, 0.2) is 0 Å². The summed E-state index contributed by atoms with van der Waals surface area (Å²) in [6.45, 7) is 0.663. The zero-order chi connectivity index (χ0) is 20.0. The third-order valence-electron chi connectivity index (χ3n) is 5.93. The molecule has 3 rings (SSSR count). The van der Waals surface area contributed by atoms with Crippen molar-refractivity contribution in [1.82, 2.24) is 10.3 Å². The number of hydrazine groups is 1. The molecule has 0 radical (unpaired) electrons. The predicted octanol–water partition coefficient (Wildman–Crippen LogP) is 2.60. The molecule has 1 saturated carbocycles. The lowest BCUT2D eigenvalue weighted by atomic mass is 9.82. The van der Waals surface area contributed by atoms with E-state index >= 15 is 0 Å². The molecule has 4 N–H and O–H groups in total. The molecule has 1 atom stereocenters.